The van der Waals surface area contributed by atoms with Gasteiger partial charge in [0.2, 0.25) is 0 Å². The molecule has 2 unspecified atom stereocenters. The molecule has 3 heteroatoms. The van der Waals surface area contributed by atoms with E-state index >= 15 is 0 Å². The zero-order chi connectivity index (χ0) is 13.8. The van der Waals surface area contributed by atoms with Crippen LogP contribution in [-0.4, -0.2) is 28.4 Å². The maximum atomic E-state index is 10.5. The van der Waals surface area contributed by atoms with E-state index in [0.29, 0.717) is 5.92 Å². The summed E-state index contributed by atoms with van der Waals surface area (Å²) in [5.41, 5.74) is 1.18. The fraction of sp³-hybridized carbons (Fsp3) is 0.706. The van der Waals surface area contributed by atoms with Gasteiger partial charge in [-0.2, -0.15) is 0 Å². The standard InChI is InChI=1S/C17H25NO2/c19-16(7-6-15-5-1-4-11-18-15)14-8-12-20-17(13-14)9-2-3-10-17/h1,4-5,11,14,16,19H,2-3,6-10,12-13H2. The molecule has 2 fully saturated rings. The normalized spacial score (nSPS) is 26.8. The van der Waals surface area contributed by atoms with Crippen molar-refractivity contribution in [2.24, 2.45) is 5.92 Å². The van der Waals surface area contributed by atoms with Crippen molar-refractivity contribution in [1.29, 1.82) is 0 Å². The largest absolute Gasteiger partial charge is 0.393 e. The van der Waals surface area contributed by atoms with Gasteiger partial charge in [-0.05, 0) is 56.6 Å². The minimum absolute atomic E-state index is 0.106. The number of nitrogens with zero attached hydrogens (tertiary/aromatic N) is 1. The van der Waals surface area contributed by atoms with Crippen molar-refractivity contribution < 1.29 is 9.84 Å². The van der Waals surface area contributed by atoms with Gasteiger partial charge in [-0.3, -0.25) is 4.98 Å². The van der Waals surface area contributed by atoms with Crippen molar-refractivity contribution in [2.45, 2.75) is 63.1 Å². The van der Waals surface area contributed by atoms with Gasteiger partial charge in [0.1, 0.15) is 0 Å². The lowest BCUT2D eigenvalue weighted by Gasteiger charge is -2.40. The predicted octanol–water partition coefficient (Wildman–Crippen LogP) is 3.11. The van der Waals surface area contributed by atoms with Crippen LogP contribution >= 0.6 is 0 Å². The van der Waals surface area contributed by atoms with Gasteiger partial charge in [-0.1, -0.05) is 18.9 Å². The molecular formula is C17H25NO2. The van der Waals surface area contributed by atoms with E-state index in [4.69, 9.17) is 4.74 Å². The number of aryl methyl sites for hydroxylation is 1. The lowest BCUT2D eigenvalue weighted by atomic mass is 9.80. The van der Waals surface area contributed by atoms with Crippen LogP contribution in [0, 0.1) is 5.92 Å². The average molecular weight is 275 g/mol. The minimum atomic E-state index is -0.210. The molecule has 1 aromatic heterocycles. The highest BCUT2D eigenvalue weighted by Gasteiger charge is 2.41. The molecular weight excluding hydrogens is 250 g/mol. The van der Waals surface area contributed by atoms with E-state index in [1.807, 2.05) is 24.4 Å². The highest BCUT2D eigenvalue weighted by atomic mass is 16.5. The number of aromatic nitrogens is 1. The van der Waals surface area contributed by atoms with Gasteiger partial charge in [0.05, 0.1) is 11.7 Å². The molecule has 3 nitrogen and oxygen atoms in total. The molecule has 1 saturated carbocycles. The summed E-state index contributed by atoms with van der Waals surface area (Å²) in [5.74, 6) is 0.408. The van der Waals surface area contributed by atoms with E-state index < -0.39 is 0 Å². The lowest BCUT2D eigenvalue weighted by molar-refractivity contribution is -0.113. The SMILES string of the molecule is OC(CCc1ccccn1)C1CCOC2(CCCC2)C1. The van der Waals surface area contributed by atoms with Crippen LogP contribution in [0.15, 0.2) is 24.4 Å². The lowest BCUT2D eigenvalue weighted by Crippen LogP contribution is -2.41. The fourth-order valence-corrected chi connectivity index (χ4v) is 3.84. The first-order valence-corrected chi connectivity index (χ1v) is 7.99. The Kier molecular flexibility index (Phi) is 4.37. The topological polar surface area (TPSA) is 42.4 Å². The Bertz CT molecular complexity index is 414. The van der Waals surface area contributed by atoms with Gasteiger partial charge < -0.3 is 9.84 Å². The van der Waals surface area contributed by atoms with Crippen molar-refractivity contribution in [2.75, 3.05) is 6.61 Å². The summed E-state index contributed by atoms with van der Waals surface area (Å²) in [7, 11) is 0. The highest BCUT2D eigenvalue weighted by molar-refractivity contribution is 5.04. The van der Waals surface area contributed by atoms with E-state index in [9.17, 15) is 5.11 Å². The second-order valence-electron chi connectivity index (χ2n) is 6.42. The smallest absolute Gasteiger partial charge is 0.0686 e. The van der Waals surface area contributed by atoms with Gasteiger partial charge in [0.15, 0.2) is 0 Å². The quantitative estimate of drug-likeness (QED) is 0.918. The maximum absolute atomic E-state index is 10.5. The molecule has 1 spiro atoms. The first-order chi connectivity index (χ1) is 9.77. The molecule has 2 atom stereocenters. The molecule has 0 bridgehead atoms. The van der Waals surface area contributed by atoms with Crippen molar-refractivity contribution in [3.8, 4) is 0 Å². The molecule has 1 N–H and O–H groups in total. The van der Waals surface area contributed by atoms with Gasteiger partial charge >= 0.3 is 0 Å². The summed E-state index contributed by atoms with van der Waals surface area (Å²) in [5, 5.41) is 10.5. The molecule has 1 aromatic rings. The molecule has 2 heterocycles. The third-order valence-corrected chi connectivity index (χ3v) is 5.01. The summed E-state index contributed by atoms with van der Waals surface area (Å²) >= 11 is 0. The van der Waals surface area contributed by atoms with Gasteiger partial charge in [-0.25, -0.2) is 0 Å². The summed E-state index contributed by atoms with van der Waals surface area (Å²) in [6.45, 7) is 0.825. The Balaban J connectivity index is 1.53. The van der Waals surface area contributed by atoms with Crippen LogP contribution in [0.5, 0.6) is 0 Å². The third kappa shape index (κ3) is 3.21. The molecule has 0 radical (unpaired) electrons. The highest BCUT2D eigenvalue weighted by Crippen LogP contribution is 2.43. The van der Waals surface area contributed by atoms with E-state index in [1.54, 1.807) is 0 Å². The van der Waals surface area contributed by atoms with Gasteiger partial charge in [0, 0.05) is 18.5 Å². The number of hydrogen-bond acceptors (Lipinski definition) is 3. The van der Waals surface area contributed by atoms with Crippen LogP contribution in [0.4, 0.5) is 0 Å². The van der Waals surface area contributed by atoms with Crippen LogP contribution in [0.2, 0.25) is 0 Å². The first kappa shape index (κ1) is 14.0. The average Bonchev–Trinajstić information content (AvgIpc) is 2.93. The molecule has 2 aliphatic rings. The summed E-state index contributed by atoms with van der Waals surface area (Å²) < 4.78 is 6.05. The summed E-state index contributed by atoms with van der Waals surface area (Å²) in [6, 6.07) is 5.98. The Morgan fingerprint density at radius 2 is 2.20 bits per heavy atom. The molecule has 20 heavy (non-hydrogen) atoms. The summed E-state index contributed by atoms with van der Waals surface area (Å²) in [6.07, 6.45) is 10.3. The number of pyridine rings is 1. The third-order valence-electron chi connectivity index (χ3n) is 5.01. The van der Waals surface area contributed by atoms with Gasteiger partial charge in [0.25, 0.3) is 0 Å². The fourth-order valence-electron chi connectivity index (χ4n) is 3.84. The Morgan fingerprint density at radius 3 is 2.95 bits per heavy atom. The number of hydrogen-bond donors (Lipinski definition) is 1. The molecule has 1 aliphatic heterocycles. The van der Waals surface area contributed by atoms with E-state index in [0.717, 1.165) is 38.0 Å². The van der Waals surface area contributed by atoms with Crippen LogP contribution < -0.4 is 0 Å². The van der Waals surface area contributed by atoms with Crippen LogP contribution in [0.25, 0.3) is 0 Å². The molecule has 3 rings (SSSR count). The van der Waals surface area contributed by atoms with E-state index in [2.05, 4.69) is 4.98 Å². The second kappa shape index (κ2) is 6.23. The molecule has 0 aromatic carbocycles. The molecule has 1 saturated heterocycles. The second-order valence-corrected chi connectivity index (χ2v) is 6.42. The predicted molar refractivity (Wildman–Crippen MR) is 78.4 cm³/mol. The summed E-state index contributed by atoms with van der Waals surface area (Å²) in [4.78, 5) is 4.33. The number of ether oxygens (including phenoxy) is 1. The number of rotatable bonds is 4. The minimum Gasteiger partial charge on any atom is -0.393 e. The van der Waals surface area contributed by atoms with Crippen molar-refractivity contribution in [1.82, 2.24) is 4.98 Å². The zero-order valence-corrected chi connectivity index (χ0v) is 12.1. The zero-order valence-electron chi connectivity index (χ0n) is 12.1. The van der Waals surface area contributed by atoms with Crippen molar-refractivity contribution in [3.63, 3.8) is 0 Å². The molecule has 1 aliphatic carbocycles. The van der Waals surface area contributed by atoms with Crippen LogP contribution in [-0.2, 0) is 11.2 Å². The molecule has 0 amide bonds. The van der Waals surface area contributed by atoms with E-state index in [1.165, 1.54) is 25.7 Å². The Morgan fingerprint density at radius 1 is 1.35 bits per heavy atom. The maximum Gasteiger partial charge on any atom is 0.0686 e. The Labute approximate surface area is 121 Å². The van der Waals surface area contributed by atoms with Crippen molar-refractivity contribution in [3.05, 3.63) is 30.1 Å². The monoisotopic (exact) mass is 275 g/mol. The van der Waals surface area contributed by atoms with E-state index in [-0.39, 0.29) is 11.7 Å². The first-order valence-electron chi connectivity index (χ1n) is 7.99. The van der Waals surface area contributed by atoms with Crippen LogP contribution in [0.1, 0.15) is 50.6 Å². The Hall–Kier alpha value is -0.930. The van der Waals surface area contributed by atoms with Gasteiger partial charge in [-0.15, -0.1) is 0 Å². The molecule has 110 valence electrons. The van der Waals surface area contributed by atoms with Crippen LogP contribution in [0.3, 0.4) is 0 Å². The number of aliphatic hydroxyl groups is 1. The number of aliphatic hydroxyl groups excluding tert-OH is 1. The van der Waals surface area contributed by atoms with Crippen molar-refractivity contribution >= 4 is 0 Å².